The average Bonchev–Trinajstić information content (AvgIpc) is 2.95. The van der Waals surface area contributed by atoms with Crippen LogP contribution in [0.4, 0.5) is 10.6 Å². The molecule has 1 aliphatic heterocycles. The lowest BCUT2D eigenvalue weighted by Crippen LogP contribution is -2.58. The molecule has 0 spiro atoms. The molecule has 4 aromatic rings. The number of nitrogens with zero attached hydrogens (tertiary/aromatic N) is 5. The summed E-state index contributed by atoms with van der Waals surface area (Å²) in [6.45, 7) is 5.38. The van der Waals surface area contributed by atoms with E-state index in [1.807, 2.05) is 80.8 Å². The number of para-hydroxylation sites is 1. The molecule has 0 saturated carbocycles. The molecule has 8 heteroatoms. The second kappa shape index (κ2) is 10.4. The standard InChI is InChI=1S/C30H29N5O3/c1-19-17-34(18-20(2)35(19)30(36)38-4)27-13-12-23(15-32-27)26-16-33-28-24(6-5-7-25(28)29(26)37-3)22-10-8-21(14-31)9-11-22/h5-13,15-16,19-20H,17-18H2,1-4H3/t19-,20+. The normalized spacial score (nSPS) is 17.2. The van der Waals surface area contributed by atoms with E-state index in [0.717, 1.165) is 44.7 Å². The van der Waals surface area contributed by atoms with Crippen molar-refractivity contribution >= 4 is 22.8 Å². The smallest absolute Gasteiger partial charge is 0.410 e. The fourth-order valence-electron chi connectivity index (χ4n) is 5.29. The predicted molar refractivity (Wildman–Crippen MR) is 147 cm³/mol. The number of fused-ring (bicyclic) bond motifs is 1. The first-order valence-corrected chi connectivity index (χ1v) is 12.5. The van der Waals surface area contributed by atoms with E-state index >= 15 is 0 Å². The molecule has 1 fully saturated rings. The van der Waals surface area contributed by atoms with E-state index in [2.05, 4.69) is 11.0 Å². The summed E-state index contributed by atoms with van der Waals surface area (Å²) < 4.78 is 10.8. The lowest BCUT2D eigenvalue weighted by atomic mass is 9.98. The number of benzene rings is 2. The molecule has 38 heavy (non-hydrogen) atoms. The molecule has 1 saturated heterocycles. The zero-order chi connectivity index (χ0) is 26.8. The number of methoxy groups -OCH3 is 2. The second-order valence-electron chi connectivity index (χ2n) is 9.48. The number of piperazine rings is 1. The topological polar surface area (TPSA) is 91.6 Å². The summed E-state index contributed by atoms with van der Waals surface area (Å²) in [6.07, 6.45) is 3.36. The van der Waals surface area contributed by atoms with Gasteiger partial charge in [0.05, 0.1) is 43.5 Å². The predicted octanol–water partition coefficient (Wildman–Crippen LogP) is 5.51. The summed E-state index contributed by atoms with van der Waals surface area (Å²) in [5.74, 6) is 1.58. The first kappa shape index (κ1) is 25.0. The van der Waals surface area contributed by atoms with E-state index in [1.165, 1.54) is 7.11 Å². The molecule has 0 N–H and O–H groups in total. The van der Waals surface area contributed by atoms with Crippen LogP contribution in [0.2, 0.25) is 0 Å². The van der Waals surface area contributed by atoms with Crippen LogP contribution >= 0.6 is 0 Å². The maximum Gasteiger partial charge on any atom is 0.410 e. The molecule has 8 nitrogen and oxygen atoms in total. The lowest BCUT2D eigenvalue weighted by molar-refractivity contribution is 0.0818. The molecule has 0 radical (unpaired) electrons. The number of rotatable bonds is 4. The van der Waals surface area contributed by atoms with Gasteiger partial charge >= 0.3 is 6.09 Å². The third-order valence-electron chi connectivity index (χ3n) is 7.06. The minimum atomic E-state index is -0.300. The zero-order valence-electron chi connectivity index (χ0n) is 21.9. The van der Waals surface area contributed by atoms with Gasteiger partial charge in [-0.2, -0.15) is 5.26 Å². The fourth-order valence-corrected chi connectivity index (χ4v) is 5.29. The van der Waals surface area contributed by atoms with Crippen molar-refractivity contribution in [3.05, 3.63) is 72.6 Å². The molecule has 2 atom stereocenters. The Balaban J connectivity index is 1.45. The van der Waals surface area contributed by atoms with Crippen molar-refractivity contribution in [1.82, 2.24) is 14.9 Å². The van der Waals surface area contributed by atoms with Crippen molar-refractivity contribution in [2.75, 3.05) is 32.2 Å². The first-order valence-electron chi connectivity index (χ1n) is 12.5. The van der Waals surface area contributed by atoms with E-state index in [9.17, 15) is 4.79 Å². The highest BCUT2D eigenvalue weighted by molar-refractivity contribution is 6.00. The zero-order valence-corrected chi connectivity index (χ0v) is 21.9. The number of carbonyl (C=O) groups is 1. The Bertz CT molecular complexity index is 1500. The SMILES string of the molecule is COC(=O)N1[C@H](C)CN(c2ccc(-c3cnc4c(-c5ccc(C#N)cc5)cccc4c3OC)cn2)C[C@@H]1C. The van der Waals surface area contributed by atoms with Crippen LogP contribution in [0.25, 0.3) is 33.2 Å². The average molecular weight is 508 g/mol. The van der Waals surface area contributed by atoms with Gasteiger partial charge in [0.2, 0.25) is 0 Å². The first-order chi connectivity index (χ1) is 18.4. The van der Waals surface area contributed by atoms with E-state index in [1.54, 1.807) is 12.0 Å². The number of carbonyl (C=O) groups excluding carboxylic acids is 1. The maximum atomic E-state index is 12.2. The fraction of sp³-hybridized carbons (Fsp3) is 0.267. The van der Waals surface area contributed by atoms with Crippen molar-refractivity contribution in [2.24, 2.45) is 0 Å². The Kier molecular flexibility index (Phi) is 6.84. The molecule has 1 amide bonds. The third-order valence-corrected chi connectivity index (χ3v) is 7.06. The number of aromatic nitrogens is 2. The third kappa shape index (κ3) is 4.48. The molecule has 0 aliphatic carbocycles. The van der Waals surface area contributed by atoms with Crippen molar-refractivity contribution in [1.29, 1.82) is 5.26 Å². The van der Waals surface area contributed by atoms with Gasteiger partial charge in [0.25, 0.3) is 0 Å². The molecular weight excluding hydrogens is 478 g/mol. The van der Waals surface area contributed by atoms with E-state index in [0.29, 0.717) is 18.7 Å². The van der Waals surface area contributed by atoms with E-state index < -0.39 is 0 Å². The van der Waals surface area contributed by atoms with Gasteiger partial charge in [-0.05, 0) is 49.7 Å². The van der Waals surface area contributed by atoms with Gasteiger partial charge in [-0.15, -0.1) is 0 Å². The van der Waals surface area contributed by atoms with Crippen LogP contribution in [0.15, 0.2) is 67.0 Å². The Morgan fingerprint density at radius 1 is 0.921 bits per heavy atom. The summed E-state index contributed by atoms with van der Waals surface area (Å²) in [4.78, 5) is 25.7. The highest BCUT2D eigenvalue weighted by atomic mass is 16.5. The molecule has 2 aromatic carbocycles. The Hall–Kier alpha value is -4.64. The molecule has 192 valence electrons. The van der Waals surface area contributed by atoms with E-state index in [-0.39, 0.29) is 18.2 Å². The number of pyridine rings is 2. The van der Waals surface area contributed by atoms with Gasteiger partial charge in [0.15, 0.2) is 0 Å². The van der Waals surface area contributed by atoms with Crippen LogP contribution < -0.4 is 9.64 Å². The van der Waals surface area contributed by atoms with Crippen molar-refractivity contribution < 1.29 is 14.3 Å². The highest BCUT2D eigenvalue weighted by Crippen LogP contribution is 2.39. The summed E-state index contributed by atoms with van der Waals surface area (Å²) in [5, 5.41) is 10.0. The Labute approximate surface area is 222 Å². The van der Waals surface area contributed by atoms with Crippen LogP contribution in [0, 0.1) is 11.3 Å². The largest absolute Gasteiger partial charge is 0.495 e. The van der Waals surface area contributed by atoms with E-state index in [4.69, 9.17) is 24.7 Å². The molecule has 1 aliphatic rings. The monoisotopic (exact) mass is 507 g/mol. The summed E-state index contributed by atoms with van der Waals surface area (Å²) in [7, 11) is 3.08. The quantitative estimate of drug-likeness (QED) is 0.360. The number of nitriles is 1. The number of amides is 1. The number of hydrogen-bond acceptors (Lipinski definition) is 7. The lowest BCUT2D eigenvalue weighted by Gasteiger charge is -2.43. The van der Waals surface area contributed by atoms with Gasteiger partial charge in [-0.3, -0.25) is 9.88 Å². The van der Waals surface area contributed by atoms with Crippen LogP contribution in [0.1, 0.15) is 19.4 Å². The van der Waals surface area contributed by atoms with Crippen LogP contribution in [0.5, 0.6) is 5.75 Å². The molecule has 0 bridgehead atoms. The highest BCUT2D eigenvalue weighted by Gasteiger charge is 2.34. The van der Waals surface area contributed by atoms with Gasteiger partial charge in [0.1, 0.15) is 11.6 Å². The molecule has 0 unspecified atom stereocenters. The van der Waals surface area contributed by atoms with Crippen molar-refractivity contribution in [3.8, 4) is 34.1 Å². The Morgan fingerprint density at radius 2 is 1.63 bits per heavy atom. The second-order valence-corrected chi connectivity index (χ2v) is 9.48. The maximum absolute atomic E-state index is 12.2. The van der Waals surface area contributed by atoms with Gasteiger partial charge in [0, 0.05) is 47.6 Å². The number of ether oxygens (including phenoxy) is 2. The van der Waals surface area contributed by atoms with Crippen LogP contribution in [0.3, 0.4) is 0 Å². The number of anilines is 1. The molecular formula is C30H29N5O3. The molecule has 5 rings (SSSR count). The van der Waals surface area contributed by atoms with Crippen LogP contribution in [-0.4, -0.2) is 60.4 Å². The Morgan fingerprint density at radius 3 is 2.24 bits per heavy atom. The van der Waals surface area contributed by atoms with Crippen molar-refractivity contribution in [3.63, 3.8) is 0 Å². The summed E-state index contributed by atoms with van der Waals surface area (Å²) >= 11 is 0. The minimum Gasteiger partial charge on any atom is -0.495 e. The molecule has 3 heterocycles. The summed E-state index contributed by atoms with van der Waals surface area (Å²) in [6, 6.07) is 19.7. The van der Waals surface area contributed by atoms with Gasteiger partial charge in [-0.25, -0.2) is 9.78 Å². The summed E-state index contributed by atoms with van der Waals surface area (Å²) in [5.41, 5.74) is 5.16. The van der Waals surface area contributed by atoms with Gasteiger partial charge in [-0.1, -0.05) is 24.3 Å². The van der Waals surface area contributed by atoms with Crippen LogP contribution in [-0.2, 0) is 4.74 Å². The number of hydrogen-bond donors (Lipinski definition) is 0. The van der Waals surface area contributed by atoms with Gasteiger partial charge < -0.3 is 14.4 Å². The minimum absolute atomic E-state index is 0.00256. The molecule has 2 aromatic heterocycles. The van der Waals surface area contributed by atoms with Crippen molar-refractivity contribution in [2.45, 2.75) is 25.9 Å².